The molecule has 0 unspecified atom stereocenters. The van der Waals surface area contributed by atoms with Gasteiger partial charge in [0, 0.05) is 31.9 Å². The molecule has 1 fully saturated rings. The van der Waals surface area contributed by atoms with Crippen LogP contribution in [0.25, 0.3) is 0 Å². The molecule has 1 saturated heterocycles. The van der Waals surface area contributed by atoms with E-state index in [1.165, 1.54) is 35.6 Å². The Kier molecular flexibility index (Phi) is 6.13. The molecule has 0 bridgehead atoms. The van der Waals surface area contributed by atoms with Gasteiger partial charge in [0.25, 0.3) is 5.91 Å². The summed E-state index contributed by atoms with van der Waals surface area (Å²) in [5.74, 6) is -0.673. The molecule has 1 N–H and O–H groups in total. The van der Waals surface area contributed by atoms with Gasteiger partial charge in [0.05, 0.1) is 16.4 Å². The largest absolute Gasteiger partial charge is 0.336 e. The molecule has 138 valence electrons. The van der Waals surface area contributed by atoms with E-state index in [1.54, 1.807) is 11.0 Å². The van der Waals surface area contributed by atoms with Gasteiger partial charge in [-0.15, -0.1) is 11.3 Å². The zero-order valence-corrected chi connectivity index (χ0v) is 16.0. The van der Waals surface area contributed by atoms with Crippen LogP contribution in [0.4, 0.5) is 10.1 Å². The van der Waals surface area contributed by atoms with Crippen LogP contribution in [0.2, 0.25) is 8.67 Å². The third-order valence-electron chi connectivity index (χ3n) is 4.04. The zero-order chi connectivity index (χ0) is 18.7. The van der Waals surface area contributed by atoms with E-state index < -0.39 is 0 Å². The van der Waals surface area contributed by atoms with E-state index >= 15 is 0 Å². The van der Waals surface area contributed by atoms with Crippen molar-refractivity contribution < 1.29 is 14.0 Å². The molecule has 5 nitrogen and oxygen atoms in total. The van der Waals surface area contributed by atoms with Gasteiger partial charge < -0.3 is 10.2 Å². The number of hydrogen-bond donors (Lipinski definition) is 1. The van der Waals surface area contributed by atoms with Gasteiger partial charge in [-0.3, -0.25) is 14.5 Å². The first-order valence-electron chi connectivity index (χ1n) is 7.94. The first kappa shape index (κ1) is 19.1. The van der Waals surface area contributed by atoms with Crippen molar-refractivity contribution in [3.63, 3.8) is 0 Å². The minimum Gasteiger partial charge on any atom is -0.336 e. The lowest BCUT2D eigenvalue weighted by Crippen LogP contribution is -2.50. The van der Waals surface area contributed by atoms with Gasteiger partial charge in [-0.05, 0) is 30.3 Å². The highest BCUT2D eigenvalue weighted by Gasteiger charge is 2.25. The van der Waals surface area contributed by atoms with Gasteiger partial charge in [-0.1, -0.05) is 23.2 Å². The average molecular weight is 416 g/mol. The summed E-state index contributed by atoms with van der Waals surface area (Å²) in [5.41, 5.74) is 0.971. The Balaban J connectivity index is 1.49. The minimum absolute atomic E-state index is 0.145. The van der Waals surface area contributed by atoms with Crippen LogP contribution >= 0.6 is 34.5 Å². The Hall–Kier alpha value is -1.67. The van der Waals surface area contributed by atoms with E-state index in [0.29, 0.717) is 46.1 Å². The summed E-state index contributed by atoms with van der Waals surface area (Å²) in [6.45, 7) is 2.39. The molecule has 1 aliphatic heterocycles. The predicted molar refractivity (Wildman–Crippen MR) is 102 cm³/mol. The Morgan fingerprint density at radius 2 is 1.77 bits per heavy atom. The van der Waals surface area contributed by atoms with Crippen LogP contribution in [0.3, 0.4) is 0 Å². The molecular formula is C17H16Cl2FN3O2S. The fraction of sp³-hybridized carbons (Fsp3) is 0.294. The summed E-state index contributed by atoms with van der Waals surface area (Å²) in [5, 5.41) is 2.73. The number of anilines is 1. The number of thiophene rings is 1. The van der Waals surface area contributed by atoms with Crippen LogP contribution in [-0.4, -0.2) is 54.3 Å². The maximum Gasteiger partial charge on any atom is 0.256 e. The van der Waals surface area contributed by atoms with Crippen LogP contribution in [0.1, 0.15) is 10.4 Å². The molecule has 1 aliphatic rings. The van der Waals surface area contributed by atoms with Crippen molar-refractivity contribution >= 4 is 52.0 Å². The standard InChI is InChI=1S/C17H16Cl2FN3O2S/c18-14-9-13(16(19)26-14)17(25)23-7-5-22(6-8-23)10-15(24)21-12-3-1-11(20)2-4-12/h1-4,9H,5-8,10H2,(H,21,24). The van der Waals surface area contributed by atoms with Crippen molar-refractivity contribution in [3.05, 3.63) is 50.4 Å². The first-order chi connectivity index (χ1) is 12.4. The molecule has 1 aromatic heterocycles. The maximum absolute atomic E-state index is 12.9. The Morgan fingerprint density at radius 1 is 1.12 bits per heavy atom. The molecular weight excluding hydrogens is 400 g/mol. The Morgan fingerprint density at radius 3 is 2.35 bits per heavy atom. The van der Waals surface area contributed by atoms with Crippen LogP contribution in [-0.2, 0) is 4.79 Å². The lowest BCUT2D eigenvalue weighted by molar-refractivity contribution is -0.117. The molecule has 2 heterocycles. The van der Waals surface area contributed by atoms with E-state index in [9.17, 15) is 14.0 Å². The first-order valence-corrected chi connectivity index (χ1v) is 9.51. The lowest BCUT2D eigenvalue weighted by atomic mass is 10.2. The van der Waals surface area contributed by atoms with E-state index in [-0.39, 0.29) is 24.2 Å². The highest BCUT2D eigenvalue weighted by molar-refractivity contribution is 7.20. The normalized spacial score (nSPS) is 15.1. The molecule has 3 rings (SSSR count). The summed E-state index contributed by atoms with van der Waals surface area (Å²) < 4.78 is 13.8. The summed E-state index contributed by atoms with van der Waals surface area (Å²) in [6, 6.07) is 7.20. The number of piperazine rings is 1. The molecule has 0 saturated carbocycles. The van der Waals surface area contributed by atoms with Crippen molar-refractivity contribution in [1.82, 2.24) is 9.80 Å². The molecule has 26 heavy (non-hydrogen) atoms. The molecule has 9 heteroatoms. The summed E-state index contributed by atoms with van der Waals surface area (Å²) in [6.07, 6.45) is 0. The van der Waals surface area contributed by atoms with Crippen LogP contribution in [0, 0.1) is 5.82 Å². The quantitative estimate of drug-likeness (QED) is 0.829. The number of carbonyl (C=O) groups is 2. The molecule has 0 spiro atoms. The van der Waals surface area contributed by atoms with E-state index in [1.807, 2.05) is 4.90 Å². The van der Waals surface area contributed by atoms with Gasteiger partial charge in [-0.25, -0.2) is 4.39 Å². The topological polar surface area (TPSA) is 52.7 Å². The van der Waals surface area contributed by atoms with E-state index in [2.05, 4.69) is 5.32 Å². The van der Waals surface area contributed by atoms with Gasteiger partial charge in [0.2, 0.25) is 5.91 Å². The second-order valence-corrected chi connectivity index (χ2v) is 8.15. The SMILES string of the molecule is O=C(CN1CCN(C(=O)c2cc(Cl)sc2Cl)CC1)Nc1ccc(F)cc1. The predicted octanol–water partition coefficient (Wildman–Crippen LogP) is 3.59. The van der Waals surface area contributed by atoms with E-state index in [0.717, 1.165) is 0 Å². The van der Waals surface area contributed by atoms with Gasteiger partial charge in [0.15, 0.2) is 0 Å². The van der Waals surface area contributed by atoms with Crippen LogP contribution < -0.4 is 5.32 Å². The number of halogens is 3. The molecule has 2 amide bonds. The smallest absolute Gasteiger partial charge is 0.256 e. The lowest BCUT2D eigenvalue weighted by Gasteiger charge is -2.34. The number of carbonyl (C=O) groups excluding carboxylic acids is 2. The number of benzene rings is 1. The number of nitrogens with one attached hydrogen (secondary N) is 1. The van der Waals surface area contributed by atoms with Gasteiger partial charge >= 0.3 is 0 Å². The van der Waals surface area contributed by atoms with Crippen molar-refractivity contribution in [2.24, 2.45) is 0 Å². The molecule has 0 aliphatic carbocycles. The van der Waals surface area contributed by atoms with Gasteiger partial charge in [0.1, 0.15) is 10.2 Å². The Labute approximate surface area is 164 Å². The summed E-state index contributed by atoms with van der Waals surface area (Å²) >= 11 is 13.1. The second-order valence-electron chi connectivity index (χ2n) is 5.86. The van der Waals surface area contributed by atoms with Crippen LogP contribution in [0.15, 0.2) is 30.3 Å². The summed E-state index contributed by atoms with van der Waals surface area (Å²) in [7, 11) is 0. The minimum atomic E-state index is -0.351. The summed E-state index contributed by atoms with van der Waals surface area (Å²) in [4.78, 5) is 28.3. The number of rotatable bonds is 4. The fourth-order valence-corrected chi connectivity index (χ4v) is 4.15. The van der Waals surface area contributed by atoms with Crippen molar-refractivity contribution in [2.45, 2.75) is 0 Å². The number of nitrogens with zero attached hydrogens (tertiary/aromatic N) is 2. The van der Waals surface area contributed by atoms with Crippen molar-refractivity contribution in [2.75, 3.05) is 38.0 Å². The van der Waals surface area contributed by atoms with Crippen LogP contribution in [0.5, 0.6) is 0 Å². The zero-order valence-electron chi connectivity index (χ0n) is 13.7. The third kappa shape index (κ3) is 4.73. The number of amides is 2. The monoisotopic (exact) mass is 415 g/mol. The molecule has 2 aromatic rings. The molecule has 0 atom stereocenters. The van der Waals surface area contributed by atoms with Gasteiger partial charge in [-0.2, -0.15) is 0 Å². The van der Waals surface area contributed by atoms with Crippen molar-refractivity contribution in [1.29, 1.82) is 0 Å². The average Bonchev–Trinajstić information content (AvgIpc) is 2.95. The molecule has 0 radical (unpaired) electrons. The fourth-order valence-electron chi connectivity index (χ4n) is 2.70. The second kappa shape index (κ2) is 8.35. The maximum atomic E-state index is 12.9. The number of hydrogen-bond acceptors (Lipinski definition) is 4. The van der Waals surface area contributed by atoms with Crippen molar-refractivity contribution in [3.8, 4) is 0 Å². The highest BCUT2D eigenvalue weighted by atomic mass is 35.5. The third-order valence-corrected chi connectivity index (χ3v) is 5.53. The Bertz CT molecular complexity index is 805. The molecule has 1 aromatic carbocycles. The van der Waals surface area contributed by atoms with E-state index in [4.69, 9.17) is 23.2 Å². The highest BCUT2D eigenvalue weighted by Crippen LogP contribution is 2.32.